The van der Waals surface area contributed by atoms with Crippen molar-refractivity contribution in [3.8, 4) is 0 Å². The topological polar surface area (TPSA) is 94.9 Å². The molecule has 1 aromatic carbocycles. The van der Waals surface area contributed by atoms with Gasteiger partial charge in [0.2, 0.25) is 5.91 Å². The smallest absolute Gasteiger partial charge is 0.325 e. The van der Waals surface area contributed by atoms with Gasteiger partial charge >= 0.3 is 6.03 Å². The van der Waals surface area contributed by atoms with Crippen molar-refractivity contribution in [2.24, 2.45) is 0 Å². The maximum absolute atomic E-state index is 12.8. The molecule has 1 unspecified atom stereocenters. The van der Waals surface area contributed by atoms with Crippen LogP contribution in [0.1, 0.15) is 24.9 Å². The van der Waals surface area contributed by atoms with Crippen LogP contribution in [-0.2, 0) is 15.1 Å². The molecule has 2 aromatic rings. The molecule has 2 heterocycles. The largest absolute Gasteiger partial charge is 0.463 e. The Bertz CT molecular complexity index is 895. The normalized spacial score (nSPS) is 18.7. The van der Waals surface area contributed by atoms with Crippen molar-refractivity contribution < 1.29 is 18.8 Å². The number of nitrogens with one attached hydrogen (secondary N) is 2. The predicted octanol–water partition coefficient (Wildman–Crippen LogP) is 2.00. The molecule has 0 radical (unpaired) electrons. The first kappa shape index (κ1) is 20.4. The molecule has 0 bridgehead atoms. The van der Waals surface area contributed by atoms with Crippen LogP contribution in [0.2, 0.25) is 0 Å². The van der Waals surface area contributed by atoms with Crippen LogP contribution in [0.5, 0.6) is 0 Å². The molecule has 0 saturated carbocycles. The number of urea groups is 1. The molecule has 1 aliphatic heterocycles. The van der Waals surface area contributed by atoms with Crippen molar-refractivity contribution >= 4 is 23.5 Å². The Hall–Kier alpha value is -3.29. The molecule has 1 aromatic heterocycles. The van der Waals surface area contributed by atoms with E-state index in [-0.39, 0.29) is 12.5 Å². The number of furan rings is 1. The number of aryl methyl sites for hydroxylation is 1. The van der Waals surface area contributed by atoms with Crippen molar-refractivity contribution in [1.29, 1.82) is 0 Å². The van der Waals surface area contributed by atoms with E-state index in [1.165, 1.54) is 0 Å². The van der Waals surface area contributed by atoms with Crippen LogP contribution < -0.4 is 15.5 Å². The van der Waals surface area contributed by atoms with Crippen molar-refractivity contribution in [3.63, 3.8) is 0 Å². The summed E-state index contributed by atoms with van der Waals surface area (Å²) in [5.74, 6) is 0.103. The van der Waals surface area contributed by atoms with Crippen LogP contribution in [0.4, 0.5) is 10.5 Å². The molecule has 0 aliphatic carbocycles. The third-order valence-electron chi connectivity index (χ3n) is 5.00. The molecule has 8 nitrogen and oxygen atoms in total. The molecule has 29 heavy (non-hydrogen) atoms. The van der Waals surface area contributed by atoms with Gasteiger partial charge in [0.15, 0.2) is 5.54 Å². The highest BCUT2D eigenvalue weighted by atomic mass is 16.3. The number of rotatable bonds is 8. The van der Waals surface area contributed by atoms with Crippen LogP contribution in [0, 0.1) is 6.92 Å². The Morgan fingerprint density at radius 3 is 2.59 bits per heavy atom. The molecule has 4 amide bonds. The number of amides is 4. The molecule has 1 atom stereocenters. The summed E-state index contributed by atoms with van der Waals surface area (Å²) in [6, 6.07) is 12.7. The second-order valence-corrected chi connectivity index (χ2v) is 7.32. The average molecular weight is 398 g/mol. The van der Waals surface area contributed by atoms with E-state index in [2.05, 4.69) is 15.5 Å². The Morgan fingerprint density at radius 1 is 1.21 bits per heavy atom. The fourth-order valence-corrected chi connectivity index (χ4v) is 3.27. The average Bonchev–Trinajstić information content (AvgIpc) is 3.24. The van der Waals surface area contributed by atoms with Gasteiger partial charge in [0.25, 0.3) is 5.91 Å². The third kappa shape index (κ3) is 4.42. The van der Waals surface area contributed by atoms with Crippen LogP contribution >= 0.6 is 0 Å². The van der Waals surface area contributed by atoms with Gasteiger partial charge in [-0.2, -0.15) is 0 Å². The maximum atomic E-state index is 12.8. The van der Waals surface area contributed by atoms with Crippen molar-refractivity contribution in [2.75, 3.05) is 31.6 Å². The lowest BCUT2D eigenvalue weighted by Crippen LogP contribution is -2.43. The van der Waals surface area contributed by atoms with Crippen molar-refractivity contribution in [3.05, 3.63) is 54.0 Å². The second-order valence-electron chi connectivity index (χ2n) is 7.32. The number of para-hydroxylation sites is 1. The van der Waals surface area contributed by atoms with Crippen LogP contribution in [0.25, 0.3) is 0 Å². The van der Waals surface area contributed by atoms with E-state index in [4.69, 9.17) is 4.42 Å². The van der Waals surface area contributed by atoms with Crippen LogP contribution in [0.15, 0.2) is 46.9 Å². The highest BCUT2D eigenvalue weighted by Crippen LogP contribution is 2.29. The Balaban J connectivity index is 1.48. The highest BCUT2D eigenvalue weighted by molar-refractivity contribution is 6.08. The Labute approximate surface area is 169 Å². The Morgan fingerprint density at radius 2 is 1.93 bits per heavy atom. The lowest BCUT2D eigenvalue weighted by Gasteiger charge is -2.20. The number of benzene rings is 1. The summed E-state index contributed by atoms with van der Waals surface area (Å²) in [5, 5.41) is 5.39. The zero-order chi connectivity index (χ0) is 21.0. The minimum Gasteiger partial charge on any atom is -0.463 e. The molecule has 0 spiro atoms. The monoisotopic (exact) mass is 398 g/mol. The van der Waals surface area contributed by atoms with Crippen LogP contribution in [0.3, 0.4) is 0 Å². The van der Waals surface area contributed by atoms with Gasteiger partial charge in [0.05, 0.1) is 0 Å². The Kier molecular flexibility index (Phi) is 5.91. The van der Waals surface area contributed by atoms with E-state index in [9.17, 15) is 14.4 Å². The summed E-state index contributed by atoms with van der Waals surface area (Å²) in [7, 11) is 1.99. The lowest BCUT2D eigenvalue weighted by molar-refractivity contribution is -0.135. The number of carbonyl (C=O) groups is 3. The first-order chi connectivity index (χ1) is 13.8. The van der Waals surface area contributed by atoms with E-state index in [1.807, 2.05) is 37.4 Å². The zero-order valence-electron chi connectivity index (χ0n) is 16.9. The lowest BCUT2D eigenvalue weighted by atomic mass is 9.99. The highest BCUT2D eigenvalue weighted by Gasteiger charge is 2.51. The molecular weight excluding hydrogens is 372 g/mol. The summed E-state index contributed by atoms with van der Waals surface area (Å²) in [6.45, 7) is 4.23. The number of nitrogens with zero attached hydrogens (tertiary/aromatic N) is 2. The van der Waals surface area contributed by atoms with Gasteiger partial charge in [-0.1, -0.05) is 18.2 Å². The van der Waals surface area contributed by atoms with Gasteiger partial charge < -0.3 is 20.0 Å². The number of imide groups is 1. The van der Waals surface area contributed by atoms with Crippen molar-refractivity contribution in [2.45, 2.75) is 25.8 Å². The summed E-state index contributed by atoms with van der Waals surface area (Å²) >= 11 is 0. The van der Waals surface area contributed by atoms with E-state index in [0.29, 0.717) is 18.1 Å². The molecule has 3 rings (SSSR count). The van der Waals surface area contributed by atoms with Gasteiger partial charge in [-0.05, 0) is 44.5 Å². The van der Waals surface area contributed by atoms with E-state index in [1.54, 1.807) is 26.0 Å². The summed E-state index contributed by atoms with van der Waals surface area (Å²) in [5.41, 5.74) is -0.199. The predicted molar refractivity (Wildman–Crippen MR) is 108 cm³/mol. The molecule has 1 saturated heterocycles. The number of hydrogen-bond acceptors (Lipinski definition) is 5. The molecular formula is C21H26N4O4. The summed E-state index contributed by atoms with van der Waals surface area (Å²) in [6.07, 6.45) is 0.737. The maximum Gasteiger partial charge on any atom is 0.325 e. The standard InChI is InChI=1S/C21H26N4O4/c1-15-10-11-17(29-15)21(2)19(27)25(20(28)23-21)14-18(26)22-12-7-13-24(3)16-8-5-4-6-9-16/h4-6,8-11H,7,12-14H2,1-3H3,(H,22,26)(H,23,28). The van der Waals surface area contributed by atoms with E-state index >= 15 is 0 Å². The van der Waals surface area contributed by atoms with Crippen molar-refractivity contribution in [1.82, 2.24) is 15.5 Å². The van der Waals surface area contributed by atoms with E-state index in [0.717, 1.165) is 23.6 Å². The van der Waals surface area contributed by atoms with Gasteiger partial charge in [-0.15, -0.1) is 0 Å². The van der Waals surface area contributed by atoms with Crippen LogP contribution in [-0.4, -0.2) is 49.4 Å². The minimum atomic E-state index is -1.30. The minimum absolute atomic E-state index is 0.325. The summed E-state index contributed by atoms with van der Waals surface area (Å²) in [4.78, 5) is 40.3. The fraction of sp³-hybridized carbons (Fsp3) is 0.381. The second kappa shape index (κ2) is 8.38. The number of anilines is 1. The van der Waals surface area contributed by atoms with Gasteiger partial charge in [0.1, 0.15) is 18.1 Å². The molecule has 8 heteroatoms. The summed E-state index contributed by atoms with van der Waals surface area (Å²) < 4.78 is 5.51. The SMILES string of the molecule is Cc1ccc(C2(C)NC(=O)N(CC(=O)NCCCN(C)c3ccccc3)C2=O)o1. The van der Waals surface area contributed by atoms with Gasteiger partial charge in [-0.3, -0.25) is 14.5 Å². The number of hydrogen-bond donors (Lipinski definition) is 2. The fourth-order valence-electron chi connectivity index (χ4n) is 3.27. The zero-order valence-corrected chi connectivity index (χ0v) is 16.9. The molecule has 1 aliphatic rings. The first-order valence-electron chi connectivity index (χ1n) is 9.55. The van der Waals surface area contributed by atoms with Gasteiger partial charge in [0, 0.05) is 25.8 Å². The number of carbonyl (C=O) groups excluding carboxylic acids is 3. The van der Waals surface area contributed by atoms with Gasteiger partial charge in [-0.25, -0.2) is 4.79 Å². The first-order valence-corrected chi connectivity index (χ1v) is 9.55. The molecule has 154 valence electrons. The third-order valence-corrected chi connectivity index (χ3v) is 5.00. The molecule has 2 N–H and O–H groups in total. The quantitative estimate of drug-likeness (QED) is 0.524. The van der Waals surface area contributed by atoms with E-state index < -0.39 is 17.5 Å². The molecule has 1 fully saturated rings.